The van der Waals surface area contributed by atoms with E-state index in [4.69, 9.17) is 11.6 Å². The van der Waals surface area contributed by atoms with Gasteiger partial charge in [-0.05, 0) is 42.1 Å². The van der Waals surface area contributed by atoms with Crippen LogP contribution in [0.2, 0.25) is 5.02 Å². The molecule has 0 aliphatic heterocycles. The summed E-state index contributed by atoms with van der Waals surface area (Å²) in [6.45, 7) is 3.96. The number of halogens is 1. The van der Waals surface area contributed by atoms with E-state index in [0.29, 0.717) is 10.6 Å². The van der Waals surface area contributed by atoms with Crippen molar-refractivity contribution in [2.75, 3.05) is 6.54 Å². The van der Waals surface area contributed by atoms with Crippen molar-refractivity contribution >= 4 is 34.9 Å². The third kappa shape index (κ3) is 4.97. The molecule has 2 aromatic rings. The molecule has 1 fully saturated rings. The topological polar surface area (TPSA) is 75.2 Å². The Bertz CT molecular complexity index is 804. The monoisotopic (exact) mass is 418 g/mol. The van der Waals surface area contributed by atoms with E-state index < -0.39 is 6.04 Å². The summed E-state index contributed by atoms with van der Waals surface area (Å²) >= 11 is 7.12. The molecule has 6 nitrogen and oxygen atoms in total. The number of nitrogens with zero attached hydrogens (tertiary/aromatic N) is 3. The Kier molecular flexibility index (Phi) is 7.17. The Balaban J connectivity index is 1.92. The summed E-state index contributed by atoms with van der Waals surface area (Å²) in [6, 6.07) is 6.33. The number of benzene rings is 1. The van der Waals surface area contributed by atoms with Crippen LogP contribution in [0.5, 0.6) is 0 Å². The van der Waals surface area contributed by atoms with Gasteiger partial charge in [-0.25, -0.2) is 0 Å². The van der Waals surface area contributed by atoms with Gasteiger partial charge in [0.15, 0.2) is 5.69 Å². The second-order valence-corrected chi connectivity index (χ2v) is 7.88. The van der Waals surface area contributed by atoms with E-state index in [1.165, 1.54) is 11.3 Å². The van der Waals surface area contributed by atoms with E-state index in [0.717, 1.165) is 37.2 Å². The number of aromatic nitrogens is 2. The van der Waals surface area contributed by atoms with E-state index in [9.17, 15) is 9.59 Å². The van der Waals surface area contributed by atoms with Gasteiger partial charge in [-0.3, -0.25) is 9.59 Å². The van der Waals surface area contributed by atoms with Gasteiger partial charge in [0.25, 0.3) is 5.91 Å². The van der Waals surface area contributed by atoms with Crippen LogP contribution in [0.25, 0.3) is 0 Å². The van der Waals surface area contributed by atoms with Crippen molar-refractivity contribution in [3.05, 3.63) is 58.6 Å². The van der Waals surface area contributed by atoms with Crippen molar-refractivity contribution in [3.63, 3.8) is 0 Å². The molecule has 0 spiro atoms. The minimum absolute atomic E-state index is 0.137. The van der Waals surface area contributed by atoms with E-state index in [2.05, 4.69) is 21.5 Å². The number of hydrogen-bond donors (Lipinski definition) is 1. The molecule has 2 amide bonds. The number of nitrogens with one attached hydrogen (secondary N) is 1. The molecule has 1 heterocycles. The van der Waals surface area contributed by atoms with Crippen molar-refractivity contribution in [2.45, 2.75) is 44.2 Å². The van der Waals surface area contributed by atoms with Crippen LogP contribution >= 0.6 is 23.1 Å². The van der Waals surface area contributed by atoms with Gasteiger partial charge in [-0.15, -0.1) is 11.7 Å². The molecule has 148 valence electrons. The Morgan fingerprint density at radius 2 is 2.00 bits per heavy atom. The maximum absolute atomic E-state index is 13.3. The van der Waals surface area contributed by atoms with Crippen LogP contribution in [-0.4, -0.2) is 38.9 Å². The number of amides is 2. The van der Waals surface area contributed by atoms with Crippen molar-refractivity contribution in [1.29, 1.82) is 0 Å². The van der Waals surface area contributed by atoms with Crippen LogP contribution in [0.15, 0.2) is 42.3 Å². The normalized spacial score (nSPS) is 15.6. The molecule has 28 heavy (non-hydrogen) atoms. The van der Waals surface area contributed by atoms with Gasteiger partial charge in [0.1, 0.15) is 6.04 Å². The molecule has 1 aliphatic rings. The predicted molar refractivity (Wildman–Crippen MR) is 110 cm³/mol. The van der Waals surface area contributed by atoms with Crippen molar-refractivity contribution in [1.82, 2.24) is 19.8 Å². The van der Waals surface area contributed by atoms with E-state index >= 15 is 0 Å². The van der Waals surface area contributed by atoms with Crippen molar-refractivity contribution in [2.24, 2.45) is 0 Å². The summed E-state index contributed by atoms with van der Waals surface area (Å²) in [7, 11) is 0. The molecule has 0 radical (unpaired) electrons. The minimum atomic E-state index is -0.800. The third-order valence-electron chi connectivity index (χ3n) is 4.86. The molecule has 0 unspecified atom stereocenters. The summed E-state index contributed by atoms with van der Waals surface area (Å²) in [5.74, 6) is -0.556. The number of rotatable bonds is 7. The Labute approximate surface area is 173 Å². The summed E-state index contributed by atoms with van der Waals surface area (Å²) in [5, 5.41) is 9.16. The average Bonchev–Trinajstić information content (AvgIpc) is 3.24. The van der Waals surface area contributed by atoms with Gasteiger partial charge in [0.2, 0.25) is 5.91 Å². The fraction of sp³-hybridized carbons (Fsp3) is 0.400. The summed E-state index contributed by atoms with van der Waals surface area (Å²) in [4.78, 5) is 27.8. The third-order valence-corrected chi connectivity index (χ3v) is 5.62. The zero-order valence-corrected chi connectivity index (χ0v) is 17.1. The zero-order valence-electron chi connectivity index (χ0n) is 15.5. The highest BCUT2D eigenvalue weighted by Crippen LogP contribution is 2.26. The first-order valence-electron chi connectivity index (χ1n) is 9.35. The molecule has 0 saturated heterocycles. The van der Waals surface area contributed by atoms with Crippen LogP contribution < -0.4 is 5.32 Å². The van der Waals surface area contributed by atoms with Crippen LogP contribution in [0.1, 0.15) is 54.2 Å². The van der Waals surface area contributed by atoms with Crippen LogP contribution in [0.3, 0.4) is 0 Å². The Hall–Kier alpha value is -2.25. The van der Waals surface area contributed by atoms with E-state index in [1.54, 1.807) is 35.7 Å². The van der Waals surface area contributed by atoms with E-state index in [1.807, 2.05) is 0 Å². The molecule has 1 atom stereocenters. The largest absolute Gasteiger partial charge is 0.351 e. The highest BCUT2D eigenvalue weighted by atomic mass is 35.5. The van der Waals surface area contributed by atoms with Crippen LogP contribution in [-0.2, 0) is 4.79 Å². The first-order valence-corrected chi connectivity index (χ1v) is 10.6. The van der Waals surface area contributed by atoms with Gasteiger partial charge in [-0.1, -0.05) is 53.6 Å². The molecule has 1 N–H and O–H groups in total. The van der Waals surface area contributed by atoms with Gasteiger partial charge < -0.3 is 10.2 Å². The molecule has 1 aliphatic carbocycles. The highest BCUT2D eigenvalue weighted by molar-refractivity contribution is 7.03. The lowest BCUT2D eigenvalue weighted by molar-refractivity contribution is -0.126. The van der Waals surface area contributed by atoms with Gasteiger partial charge in [-0.2, -0.15) is 0 Å². The lowest BCUT2D eigenvalue weighted by atomic mass is 9.94. The number of carbonyl (C=O) groups is 2. The standard InChI is InChI=1S/C20H23ClN4O2S/c1-2-12-25(20(27)17-13-28-24-23-17)18(14-8-10-15(21)11-9-14)19(26)22-16-6-4-3-5-7-16/h2,8-11,13,16,18H,1,3-7,12H2,(H,22,26)/t18-/m0/s1. The lowest BCUT2D eigenvalue weighted by Crippen LogP contribution is -2.47. The maximum atomic E-state index is 13.3. The molecule has 8 heteroatoms. The van der Waals surface area contributed by atoms with Gasteiger partial charge in [0, 0.05) is 23.0 Å². The first kappa shape index (κ1) is 20.5. The first-order chi connectivity index (χ1) is 13.6. The van der Waals surface area contributed by atoms with E-state index in [-0.39, 0.29) is 30.1 Å². The van der Waals surface area contributed by atoms with Crippen molar-refractivity contribution < 1.29 is 9.59 Å². The summed E-state index contributed by atoms with van der Waals surface area (Å²) in [6.07, 6.45) is 6.95. The SMILES string of the molecule is C=CCN(C(=O)c1csnn1)[C@H](C(=O)NC1CCCCC1)c1ccc(Cl)cc1. The van der Waals surface area contributed by atoms with Crippen LogP contribution in [0, 0.1) is 0 Å². The van der Waals surface area contributed by atoms with Crippen LogP contribution in [0.4, 0.5) is 0 Å². The molecular formula is C20H23ClN4O2S. The smallest absolute Gasteiger partial charge is 0.276 e. The van der Waals surface area contributed by atoms with Gasteiger partial charge >= 0.3 is 0 Å². The fourth-order valence-electron chi connectivity index (χ4n) is 3.49. The molecule has 0 bridgehead atoms. The predicted octanol–water partition coefficient (Wildman–Crippen LogP) is 4.01. The second kappa shape index (κ2) is 9.80. The zero-order chi connectivity index (χ0) is 19.9. The number of hydrogen-bond acceptors (Lipinski definition) is 5. The average molecular weight is 419 g/mol. The Morgan fingerprint density at radius 3 is 2.61 bits per heavy atom. The fourth-order valence-corrected chi connectivity index (χ4v) is 4.05. The molecular weight excluding hydrogens is 396 g/mol. The quantitative estimate of drug-likeness (QED) is 0.689. The molecule has 1 aromatic heterocycles. The molecule has 1 saturated carbocycles. The second-order valence-electron chi connectivity index (χ2n) is 6.83. The Morgan fingerprint density at radius 1 is 1.29 bits per heavy atom. The minimum Gasteiger partial charge on any atom is -0.351 e. The highest BCUT2D eigenvalue weighted by Gasteiger charge is 2.33. The summed E-state index contributed by atoms with van der Waals surface area (Å²) < 4.78 is 3.77. The van der Waals surface area contributed by atoms with Gasteiger partial charge in [0.05, 0.1) is 0 Å². The molecule has 1 aromatic carbocycles. The molecule has 3 rings (SSSR count). The van der Waals surface area contributed by atoms with Crippen molar-refractivity contribution in [3.8, 4) is 0 Å². The lowest BCUT2D eigenvalue weighted by Gasteiger charge is -2.32. The number of carbonyl (C=O) groups excluding carboxylic acids is 2. The maximum Gasteiger partial charge on any atom is 0.276 e. The summed E-state index contributed by atoms with van der Waals surface area (Å²) in [5.41, 5.74) is 0.910.